The SMILES string of the molecule is O=C(O)CC[C@@H]1CCCN(C(=O)C2(c3ccc(F)cc3)CCC2)C1. The Morgan fingerprint density at radius 2 is 1.92 bits per heavy atom. The van der Waals surface area contributed by atoms with Gasteiger partial charge in [0.25, 0.3) is 0 Å². The minimum Gasteiger partial charge on any atom is -0.481 e. The number of likely N-dealkylation sites (tertiary alicyclic amines) is 1. The Morgan fingerprint density at radius 3 is 2.50 bits per heavy atom. The van der Waals surface area contributed by atoms with Crippen LogP contribution in [0, 0.1) is 11.7 Å². The van der Waals surface area contributed by atoms with Crippen molar-refractivity contribution in [2.75, 3.05) is 13.1 Å². The summed E-state index contributed by atoms with van der Waals surface area (Å²) < 4.78 is 13.2. The van der Waals surface area contributed by atoms with Crippen LogP contribution in [0.3, 0.4) is 0 Å². The highest BCUT2D eigenvalue weighted by molar-refractivity contribution is 5.89. The third-order valence-electron chi connectivity index (χ3n) is 5.59. The van der Waals surface area contributed by atoms with Crippen LogP contribution in [0.5, 0.6) is 0 Å². The zero-order valence-corrected chi connectivity index (χ0v) is 13.8. The van der Waals surface area contributed by atoms with Crippen molar-refractivity contribution >= 4 is 11.9 Å². The van der Waals surface area contributed by atoms with Crippen molar-refractivity contribution in [3.8, 4) is 0 Å². The van der Waals surface area contributed by atoms with Gasteiger partial charge in [-0.2, -0.15) is 0 Å². The fraction of sp³-hybridized carbons (Fsp3) is 0.579. The minimum atomic E-state index is -0.778. The number of carbonyl (C=O) groups excluding carboxylic acids is 1. The van der Waals surface area contributed by atoms with Crippen LogP contribution in [-0.4, -0.2) is 35.0 Å². The highest BCUT2D eigenvalue weighted by atomic mass is 19.1. The molecule has 3 rings (SSSR count). The van der Waals surface area contributed by atoms with Gasteiger partial charge in [0.1, 0.15) is 5.82 Å². The van der Waals surface area contributed by atoms with Crippen LogP contribution in [0.15, 0.2) is 24.3 Å². The molecule has 0 aromatic heterocycles. The maximum Gasteiger partial charge on any atom is 0.303 e. The van der Waals surface area contributed by atoms with Gasteiger partial charge in [-0.1, -0.05) is 18.6 Å². The van der Waals surface area contributed by atoms with E-state index in [1.54, 1.807) is 12.1 Å². The lowest BCUT2D eigenvalue weighted by Crippen LogP contribution is -2.53. The van der Waals surface area contributed by atoms with E-state index in [9.17, 15) is 14.0 Å². The van der Waals surface area contributed by atoms with Crippen molar-refractivity contribution < 1.29 is 19.1 Å². The molecule has 1 aliphatic carbocycles. The maximum atomic E-state index is 13.2. The number of hydrogen-bond donors (Lipinski definition) is 1. The lowest BCUT2D eigenvalue weighted by atomic mass is 9.63. The molecule has 0 unspecified atom stereocenters. The number of carboxylic acid groups (broad SMARTS) is 1. The quantitative estimate of drug-likeness (QED) is 0.899. The van der Waals surface area contributed by atoms with Crippen molar-refractivity contribution in [2.45, 2.75) is 50.4 Å². The fourth-order valence-electron chi connectivity index (χ4n) is 4.04. The van der Waals surface area contributed by atoms with Gasteiger partial charge in [0.2, 0.25) is 5.91 Å². The van der Waals surface area contributed by atoms with E-state index in [0.29, 0.717) is 13.0 Å². The zero-order valence-electron chi connectivity index (χ0n) is 13.8. The van der Waals surface area contributed by atoms with Crippen molar-refractivity contribution in [3.63, 3.8) is 0 Å². The summed E-state index contributed by atoms with van der Waals surface area (Å²) in [6.45, 7) is 1.39. The molecule has 2 aliphatic rings. The van der Waals surface area contributed by atoms with Gasteiger partial charge >= 0.3 is 5.97 Å². The molecule has 1 saturated heterocycles. The topological polar surface area (TPSA) is 57.6 Å². The summed E-state index contributed by atoms with van der Waals surface area (Å²) in [4.78, 5) is 25.9. The molecule has 5 heteroatoms. The second kappa shape index (κ2) is 6.91. The van der Waals surface area contributed by atoms with E-state index in [0.717, 1.165) is 44.2 Å². The average molecular weight is 333 g/mol. The predicted octanol–water partition coefficient (Wildman–Crippen LogP) is 3.35. The van der Waals surface area contributed by atoms with E-state index in [1.165, 1.54) is 12.1 Å². The van der Waals surface area contributed by atoms with Gasteiger partial charge in [0, 0.05) is 19.5 Å². The van der Waals surface area contributed by atoms with Gasteiger partial charge in [-0.3, -0.25) is 9.59 Å². The lowest BCUT2D eigenvalue weighted by molar-refractivity contribution is -0.143. The molecular weight excluding hydrogens is 309 g/mol. The summed E-state index contributed by atoms with van der Waals surface area (Å²) in [5, 5.41) is 8.86. The predicted molar refractivity (Wildman–Crippen MR) is 88.1 cm³/mol. The Kier molecular flexibility index (Phi) is 4.88. The van der Waals surface area contributed by atoms with Crippen LogP contribution in [0.4, 0.5) is 4.39 Å². The number of carboxylic acids is 1. The first-order valence-corrected chi connectivity index (χ1v) is 8.78. The fourth-order valence-corrected chi connectivity index (χ4v) is 4.04. The van der Waals surface area contributed by atoms with Crippen LogP contribution < -0.4 is 0 Å². The molecule has 130 valence electrons. The number of benzene rings is 1. The van der Waals surface area contributed by atoms with Gasteiger partial charge in [-0.15, -0.1) is 0 Å². The molecule has 4 nitrogen and oxygen atoms in total. The monoisotopic (exact) mass is 333 g/mol. The van der Waals surface area contributed by atoms with Gasteiger partial charge in [0.15, 0.2) is 0 Å². The number of nitrogens with zero attached hydrogens (tertiary/aromatic N) is 1. The molecule has 1 aromatic carbocycles. The van der Waals surface area contributed by atoms with Crippen molar-refractivity contribution in [1.29, 1.82) is 0 Å². The Labute approximate surface area is 141 Å². The number of halogens is 1. The van der Waals surface area contributed by atoms with E-state index >= 15 is 0 Å². The first-order valence-electron chi connectivity index (χ1n) is 8.78. The van der Waals surface area contributed by atoms with Gasteiger partial charge < -0.3 is 10.0 Å². The summed E-state index contributed by atoms with van der Waals surface area (Å²) in [7, 11) is 0. The second-order valence-electron chi connectivity index (χ2n) is 7.13. The van der Waals surface area contributed by atoms with Crippen LogP contribution in [0.1, 0.15) is 50.5 Å². The average Bonchev–Trinajstić information content (AvgIpc) is 2.54. The van der Waals surface area contributed by atoms with Crippen molar-refractivity contribution in [3.05, 3.63) is 35.6 Å². The first-order chi connectivity index (χ1) is 11.5. The molecule has 24 heavy (non-hydrogen) atoms. The van der Waals surface area contributed by atoms with Gasteiger partial charge in [-0.05, 0) is 55.7 Å². The molecule has 0 bridgehead atoms. The summed E-state index contributed by atoms with van der Waals surface area (Å²) in [5.74, 6) is -0.655. The summed E-state index contributed by atoms with van der Waals surface area (Å²) in [5.41, 5.74) is 0.412. The van der Waals surface area contributed by atoms with Crippen molar-refractivity contribution in [2.24, 2.45) is 5.92 Å². The molecular formula is C19H24FNO3. The Hall–Kier alpha value is -1.91. The Balaban J connectivity index is 1.71. The standard InChI is InChI=1S/C19H24FNO3/c20-16-7-5-15(6-8-16)19(10-2-11-19)18(24)21-12-1-3-14(13-21)4-9-17(22)23/h5-8,14H,1-4,9-13H2,(H,22,23)/t14-/m0/s1. The number of aliphatic carboxylic acids is 1. The third kappa shape index (κ3) is 3.30. The number of piperidine rings is 1. The number of hydrogen-bond acceptors (Lipinski definition) is 2. The van der Waals surface area contributed by atoms with Gasteiger partial charge in [-0.25, -0.2) is 4.39 Å². The van der Waals surface area contributed by atoms with Gasteiger partial charge in [0.05, 0.1) is 5.41 Å². The normalized spacial score (nSPS) is 22.7. The molecule has 1 amide bonds. The molecule has 1 heterocycles. The van der Waals surface area contributed by atoms with E-state index in [2.05, 4.69) is 0 Å². The van der Waals surface area contributed by atoms with E-state index in [4.69, 9.17) is 5.11 Å². The number of carbonyl (C=O) groups is 2. The number of rotatable bonds is 5. The van der Waals surface area contributed by atoms with Crippen LogP contribution in [0.2, 0.25) is 0 Å². The summed E-state index contributed by atoms with van der Waals surface area (Å²) in [6.07, 6.45) is 5.34. The van der Waals surface area contributed by atoms with E-state index in [1.807, 2.05) is 4.90 Å². The zero-order chi connectivity index (χ0) is 17.2. The highest BCUT2D eigenvalue weighted by Gasteiger charge is 2.48. The Bertz CT molecular complexity index is 610. The van der Waals surface area contributed by atoms with Crippen LogP contribution in [0.25, 0.3) is 0 Å². The van der Waals surface area contributed by atoms with Crippen LogP contribution in [-0.2, 0) is 15.0 Å². The maximum absolute atomic E-state index is 13.2. The summed E-state index contributed by atoms with van der Waals surface area (Å²) in [6, 6.07) is 6.32. The molecule has 0 spiro atoms. The van der Waals surface area contributed by atoms with E-state index in [-0.39, 0.29) is 24.1 Å². The third-order valence-corrected chi connectivity index (χ3v) is 5.59. The molecule has 1 aromatic rings. The molecule has 0 radical (unpaired) electrons. The molecule has 1 aliphatic heterocycles. The minimum absolute atomic E-state index is 0.139. The molecule has 1 saturated carbocycles. The largest absolute Gasteiger partial charge is 0.481 e. The van der Waals surface area contributed by atoms with E-state index < -0.39 is 11.4 Å². The molecule has 2 fully saturated rings. The first kappa shape index (κ1) is 16.9. The second-order valence-corrected chi connectivity index (χ2v) is 7.13. The van der Waals surface area contributed by atoms with Crippen molar-refractivity contribution in [1.82, 2.24) is 4.90 Å². The molecule has 1 N–H and O–H groups in total. The lowest BCUT2D eigenvalue weighted by Gasteiger charge is -2.46. The van der Waals surface area contributed by atoms with Crippen LogP contribution >= 0.6 is 0 Å². The molecule has 1 atom stereocenters. The smallest absolute Gasteiger partial charge is 0.303 e. The number of amides is 1. The Morgan fingerprint density at radius 1 is 1.21 bits per heavy atom. The summed E-state index contributed by atoms with van der Waals surface area (Å²) >= 11 is 0. The highest BCUT2D eigenvalue weighted by Crippen LogP contribution is 2.45.